The van der Waals surface area contributed by atoms with E-state index >= 15 is 0 Å². The zero-order valence-corrected chi connectivity index (χ0v) is 14.5. The van der Waals surface area contributed by atoms with E-state index in [-0.39, 0.29) is 0 Å². The van der Waals surface area contributed by atoms with Crippen molar-refractivity contribution in [2.24, 2.45) is 0 Å². The van der Waals surface area contributed by atoms with Crippen molar-refractivity contribution in [2.75, 3.05) is 18.4 Å². The van der Waals surface area contributed by atoms with E-state index in [1.807, 2.05) is 0 Å². The zero-order valence-electron chi connectivity index (χ0n) is 14.5. The van der Waals surface area contributed by atoms with Crippen LogP contribution in [-0.4, -0.2) is 25.2 Å². The Morgan fingerprint density at radius 3 is 2.91 bits per heavy atom. The van der Waals surface area contributed by atoms with Crippen LogP contribution in [0.5, 0.6) is 5.75 Å². The largest absolute Gasteiger partial charge is 0.486 e. The number of unbranched alkanes of at least 4 members (excludes halogenated alkanes) is 3. The van der Waals surface area contributed by atoms with Crippen LogP contribution in [-0.2, 0) is 6.42 Å². The van der Waals surface area contributed by atoms with Gasteiger partial charge in [-0.2, -0.15) is 0 Å². The highest BCUT2D eigenvalue weighted by atomic mass is 16.5. The predicted octanol–water partition coefficient (Wildman–Crippen LogP) is 4.37. The molecule has 22 heavy (non-hydrogen) atoms. The molecule has 2 unspecified atom stereocenters. The Kier molecular flexibility index (Phi) is 7.04. The quantitative estimate of drug-likeness (QED) is 0.665. The van der Waals surface area contributed by atoms with Crippen molar-refractivity contribution in [3.05, 3.63) is 23.8 Å². The van der Waals surface area contributed by atoms with Gasteiger partial charge in [-0.3, -0.25) is 0 Å². The van der Waals surface area contributed by atoms with Crippen LogP contribution in [0.2, 0.25) is 0 Å². The molecule has 2 N–H and O–H groups in total. The van der Waals surface area contributed by atoms with Gasteiger partial charge in [0.05, 0.1) is 12.2 Å². The fourth-order valence-corrected chi connectivity index (χ4v) is 2.94. The van der Waals surface area contributed by atoms with Crippen LogP contribution < -0.4 is 15.4 Å². The number of rotatable bonds is 9. The Morgan fingerprint density at radius 2 is 2.14 bits per heavy atom. The van der Waals surface area contributed by atoms with E-state index in [9.17, 15) is 0 Å². The van der Waals surface area contributed by atoms with Crippen LogP contribution >= 0.6 is 0 Å². The van der Waals surface area contributed by atoms with E-state index < -0.39 is 0 Å². The molecule has 0 bridgehead atoms. The highest BCUT2D eigenvalue weighted by Crippen LogP contribution is 2.30. The molecule has 0 aromatic heterocycles. The molecule has 0 radical (unpaired) electrons. The first-order chi connectivity index (χ1) is 10.7. The van der Waals surface area contributed by atoms with E-state index in [1.54, 1.807) is 0 Å². The molecule has 3 nitrogen and oxygen atoms in total. The molecule has 2 atom stereocenters. The van der Waals surface area contributed by atoms with Crippen molar-refractivity contribution < 1.29 is 4.74 Å². The Bertz CT molecular complexity index is 447. The van der Waals surface area contributed by atoms with Crippen LogP contribution in [0.1, 0.15) is 58.4 Å². The van der Waals surface area contributed by atoms with Gasteiger partial charge in [-0.05, 0) is 50.4 Å². The number of hydrogen-bond donors (Lipinski definition) is 2. The normalized spacial score (nSPS) is 18.2. The lowest BCUT2D eigenvalue weighted by Crippen LogP contribution is -2.30. The molecule has 1 aliphatic rings. The molecule has 1 aromatic carbocycles. The molecule has 0 aliphatic carbocycles. The Labute approximate surface area is 135 Å². The molecule has 124 valence electrons. The van der Waals surface area contributed by atoms with Gasteiger partial charge in [-0.1, -0.05) is 39.2 Å². The van der Waals surface area contributed by atoms with Gasteiger partial charge >= 0.3 is 0 Å². The molecule has 0 fully saturated rings. The van der Waals surface area contributed by atoms with E-state index in [4.69, 9.17) is 4.74 Å². The third kappa shape index (κ3) is 5.20. The van der Waals surface area contributed by atoms with Crippen LogP contribution in [0.4, 0.5) is 5.69 Å². The number of benzene rings is 1. The van der Waals surface area contributed by atoms with Crippen LogP contribution in [0.15, 0.2) is 18.2 Å². The lowest BCUT2D eigenvalue weighted by Gasteiger charge is -2.27. The second kappa shape index (κ2) is 9.04. The molecule has 0 spiro atoms. The Hall–Kier alpha value is -1.22. The second-order valence-corrected chi connectivity index (χ2v) is 6.48. The monoisotopic (exact) mass is 304 g/mol. The average Bonchev–Trinajstić information content (AvgIpc) is 2.54. The third-order valence-corrected chi connectivity index (χ3v) is 4.38. The maximum atomic E-state index is 5.97. The number of anilines is 1. The Morgan fingerprint density at radius 1 is 1.27 bits per heavy atom. The maximum Gasteiger partial charge on any atom is 0.142 e. The molecule has 0 amide bonds. The van der Waals surface area contributed by atoms with Gasteiger partial charge in [0.1, 0.15) is 11.9 Å². The van der Waals surface area contributed by atoms with Crippen molar-refractivity contribution >= 4 is 5.69 Å². The molecular weight excluding hydrogens is 272 g/mol. The minimum absolute atomic E-state index is 0.307. The van der Waals surface area contributed by atoms with Crippen LogP contribution in [0.3, 0.4) is 0 Å². The molecular formula is C19H32N2O. The van der Waals surface area contributed by atoms with Crippen molar-refractivity contribution in [3.8, 4) is 5.75 Å². The van der Waals surface area contributed by atoms with Gasteiger partial charge in [-0.15, -0.1) is 0 Å². The lowest BCUT2D eigenvalue weighted by atomic mass is 10.0. The summed E-state index contributed by atoms with van der Waals surface area (Å²) in [4.78, 5) is 0. The minimum atomic E-state index is 0.307. The van der Waals surface area contributed by atoms with Crippen molar-refractivity contribution in [3.63, 3.8) is 0 Å². The summed E-state index contributed by atoms with van der Waals surface area (Å²) in [6, 6.07) is 7.09. The van der Waals surface area contributed by atoms with Crippen LogP contribution in [0, 0.1) is 0 Å². The number of hydrogen-bond acceptors (Lipinski definition) is 3. The fraction of sp³-hybridized carbons (Fsp3) is 0.684. The number of ether oxygens (including phenoxy) is 1. The Balaban J connectivity index is 1.78. The first kappa shape index (κ1) is 17.1. The minimum Gasteiger partial charge on any atom is -0.486 e. The zero-order chi connectivity index (χ0) is 15.8. The first-order valence-electron chi connectivity index (χ1n) is 8.99. The predicted molar refractivity (Wildman–Crippen MR) is 94.9 cm³/mol. The molecule has 1 aliphatic heterocycles. The smallest absolute Gasteiger partial charge is 0.142 e. The molecule has 2 rings (SSSR count). The SMILES string of the molecule is CCCCCCNC(C)Cc1ccc2c(c1)NCC(CC)O2. The summed E-state index contributed by atoms with van der Waals surface area (Å²) in [6.45, 7) is 8.74. The lowest BCUT2D eigenvalue weighted by molar-refractivity contribution is 0.202. The van der Waals surface area contributed by atoms with E-state index in [0.717, 1.165) is 37.4 Å². The van der Waals surface area contributed by atoms with E-state index in [2.05, 4.69) is 49.6 Å². The summed E-state index contributed by atoms with van der Waals surface area (Å²) in [7, 11) is 0. The topological polar surface area (TPSA) is 33.3 Å². The van der Waals surface area contributed by atoms with Crippen LogP contribution in [0.25, 0.3) is 0 Å². The summed E-state index contributed by atoms with van der Waals surface area (Å²) in [6.07, 6.45) is 7.71. The van der Waals surface area contributed by atoms with Gasteiger partial charge in [0, 0.05) is 6.04 Å². The number of nitrogens with one attached hydrogen (secondary N) is 2. The highest BCUT2D eigenvalue weighted by molar-refractivity contribution is 5.59. The van der Waals surface area contributed by atoms with Gasteiger partial charge in [-0.25, -0.2) is 0 Å². The molecule has 1 aromatic rings. The van der Waals surface area contributed by atoms with Gasteiger partial charge < -0.3 is 15.4 Å². The number of fused-ring (bicyclic) bond motifs is 1. The maximum absolute atomic E-state index is 5.97. The van der Waals surface area contributed by atoms with Gasteiger partial charge in [0.2, 0.25) is 0 Å². The van der Waals surface area contributed by atoms with Crippen molar-refractivity contribution in [1.29, 1.82) is 0 Å². The highest BCUT2D eigenvalue weighted by Gasteiger charge is 2.17. The second-order valence-electron chi connectivity index (χ2n) is 6.48. The third-order valence-electron chi connectivity index (χ3n) is 4.38. The van der Waals surface area contributed by atoms with Crippen molar-refractivity contribution in [1.82, 2.24) is 5.32 Å². The summed E-state index contributed by atoms with van der Waals surface area (Å²) >= 11 is 0. The molecule has 0 saturated carbocycles. The first-order valence-corrected chi connectivity index (χ1v) is 8.99. The van der Waals surface area contributed by atoms with Gasteiger partial charge in [0.15, 0.2) is 0 Å². The molecule has 3 heteroatoms. The summed E-state index contributed by atoms with van der Waals surface area (Å²) in [5.41, 5.74) is 2.52. The summed E-state index contributed by atoms with van der Waals surface area (Å²) in [5, 5.41) is 7.13. The van der Waals surface area contributed by atoms with Gasteiger partial charge in [0.25, 0.3) is 0 Å². The summed E-state index contributed by atoms with van der Waals surface area (Å²) in [5.74, 6) is 1.00. The summed E-state index contributed by atoms with van der Waals surface area (Å²) < 4.78 is 5.97. The molecule has 0 saturated heterocycles. The fourth-order valence-electron chi connectivity index (χ4n) is 2.94. The van der Waals surface area contributed by atoms with E-state index in [1.165, 1.54) is 31.2 Å². The van der Waals surface area contributed by atoms with E-state index in [0.29, 0.717) is 12.1 Å². The molecule has 1 heterocycles. The average molecular weight is 304 g/mol. The van der Waals surface area contributed by atoms with Crippen molar-refractivity contribution in [2.45, 2.75) is 71.4 Å². The standard InChI is InChI=1S/C19H32N2O/c1-4-6-7-8-11-20-15(3)12-16-9-10-19-18(13-16)21-14-17(5-2)22-19/h9-10,13,15,17,20-21H,4-8,11-12,14H2,1-3H3.